The van der Waals surface area contributed by atoms with Crippen molar-refractivity contribution in [1.82, 2.24) is 24.8 Å². The molecule has 4 aromatic rings. The minimum Gasteiger partial charge on any atom is -0.340 e. The smallest absolute Gasteiger partial charge is 0.171 e. The highest BCUT2D eigenvalue weighted by molar-refractivity contribution is 7.07. The first-order valence-electron chi connectivity index (χ1n) is 6.70. The van der Waals surface area contributed by atoms with Gasteiger partial charge in [-0.2, -0.15) is 11.3 Å². The van der Waals surface area contributed by atoms with E-state index in [9.17, 15) is 0 Å². The Balaban J connectivity index is 1.64. The van der Waals surface area contributed by atoms with Gasteiger partial charge in [-0.05, 0) is 50.3 Å². The maximum Gasteiger partial charge on any atom is 0.171 e. The number of fused-ring (bicyclic) bond motifs is 1. The molecule has 0 unspecified atom stereocenters. The van der Waals surface area contributed by atoms with Crippen molar-refractivity contribution < 1.29 is 0 Å². The van der Waals surface area contributed by atoms with Crippen LogP contribution in [0.25, 0.3) is 10.9 Å². The van der Waals surface area contributed by atoms with Crippen molar-refractivity contribution in [2.45, 2.75) is 13.1 Å². The summed E-state index contributed by atoms with van der Waals surface area (Å²) in [6, 6.07) is 12.5. The van der Waals surface area contributed by atoms with E-state index in [1.165, 1.54) is 16.5 Å². The second-order valence-corrected chi connectivity index (χ2v) is 5.67. The van der Waals surface area contributed by atoms with Crippen LogP contribution in [0.4, 0.5) is 0 Å². The van der Waals surface area contributed by atoms with Crippen molar-refractivity contribution >= 4 is 22.2 Å². The number of hydrogen-bond acceptors (Lipinski definition) is 4. The minimum absolute atomic E-state index is 0.671. The first kappa shape index (κ1) is 12.3. The zero-order chi connectivity index (χ0) is 14.1. The van der Waals surface area contributed by atoms with Gasteiger partial charge in [-0.3, -0.25) is 0 Å². The fraction of sp³-hybridized carbons (Fsp3) is 0.133. The van der Waals surface area contributed by atoms with E-state index in [2.05, 4.69) is 61.3 Å². The van der Waals surface area contributed by atoms with E-state index < -0.39 is 0 Å². The van der Waals surface area contributed by atoms with Crippen LogP contribution >= 0.6 is 11.3 Å². The molecule has 0 radical (unpaired) electrons. The van der Waals surface area contributed by atoms with Gasteiger partial charge in [0.25, 0.3) is 0 Å². The van der Waals surface area contributed by atoms with Crippen molar-refractivity contribution in [2.24, 2.45) is 0 Å². The average Bonchev–Trinajstić information content (AvgIpc) is 3.23. The standard InChI is InChI=1S/C15H13N5S/c1-2-4-14-13(3-1)5-7-19(14)10-15-16-17-18-20(15)9-12-6-8-21-11-12/h1-8,11H,9-10H2. The maximum absolute atomic E-state index is 4.16. The fourth-order valence-electron chi connectivity index (χ4n) is 2.45. The molecule has 3 heterocycles. The van der Waals surface area contributed by atoms with Crippen molar-refractivity contribution in [3.63, 3.8) is 0 Å². The first-order chi connectivity index (χ1) is 10.4. The number of para-hydroxylation sites is 1. The monoisotopic (exact) mass is 295 g/mol. The number of thiophene rings is 1. The predicted octanol–water partition coefficient (Wildman–Crippen LogP) is 2.79. The lowest BCUT2D eigenvalue weighted by molar-refractivity contribution is 0.604. The predicted molar refractivity (Wildman–Crippen MR) is 82.3 cm³/mol. The van der Waals surface area contributed by atoms with Crippen LogP contribution in [0, 0.1) is 0 Å². The Labute approximate surface area is 125 Å². The number of benzene rings is 1. The molecule has 4 rings (SSSR count). The van der Waals surface area contributed by atoms with Crippen LogP contribution in [0.15, 0.2) is 53.4 Å². The van der Waals surface area contributed by atoms with Gasteiger partial charge < -0.3 is 4.57 Å². The third kappa shape index (κ3) is 2.34. The molecule has 0 N–H and O–H groups in total. The summed E-state index contributed by atoms with van der Waals surface area (Å²) >= 11 is 1.69. The molecular weight excluding hydrogens is 282 g/mol. The SMILES string of the molecule is c1ccc2c(c1)ccn2Cc1nnnn1Cc1ccsc1. The van der Waals surface area contributed by atoms with E-state index in [4.69, 9.17) is 0 Å². The molecule has 0 saturated heterocycles. The lowest BCUT2D eigenvalue weighted by atomic mass is 10.2. The van der Waals surface area contributed by atoms with Gasteiger partial charge in [-0.15, -0.1) is 5.10 Å². The number of rotatable bonds is 4. The van der Waals surface area contributed by atoms with E-state index in [0.29, 0.717) is 13.1 Å². The zero-order valence-electron chi connectivity index (χ0n) is 11.3. The topological polar surface area (TPSA) is 48.5 Å². The third-order valence-electron chi connectivity index (χ3n) is 3.51. The summed E-state index contributed by atoms with van der Waals surface area (Å²) in [5.74, 6) is 0.863. The summed E-state index contributed by atoms with van der Waals surface area (Å²) in [5.41, 5.74) is 2.42. The zero-order valence-corrected chi connectivity index (χ0v) is 12.1. The van der Waals surface area contributed by atoms with E-state index in [1.807, 2.05) is 16.8 Å². The van der Waals surface area contributed by atoms with Crippen LogP contribution in [-0.2, 0) is 13.1 Å². The molecule has 104 valence electrons. The van der Waals surface area contributed by atoms with Gasteiger partial charge in [0.05, 0.1) is 13.1 Å². The normalized spacial score (nSPS) is 11.2. The van der Waals surface area contributed by atoms with Gasteiger partial charge in [-0.1, -0.05) is 18.2 Å². The van der Waals surface area contributed by atoms with Crippen LogP contribution in [-0.4, -0.2) is 24.8 Å². The summed E-state index contributed by atoms with van der Waals surface area (Å²) in [4.78, 5) is 0. The molecule has 6 heteroatoms. The third-order valence-corrected chi connectivity index (χ3v) is 4.24. The quantitative estimate of drug-likeness (QED) is 0.581. The lowest BCUT2D eigenvalue weighted by Crippen LogP contribution is -2.10. The number of hydrogen-bond donors (Lipinski definition) is 0. The summed E-state index contributed by atoms with van der Waals surface area (Å²) in [5, 5.41) is 17.5. The number of tetrazole rings is 1. The van der Waals surface area contributed by atoms with Crippen LogP contribution < -0.4 is 0 Å². The Morgan fingerprint density at radius 1 is 1.05 bits per heavy atom. The highest BCUT2D eigenvalue weighted by atomic mass is 32.1. The van der Waals surface area contributed by atoms with Crippen molar-refractivity contribution in [1.29, 1.82) is 0 Å². The maximum atomic E-state index is 4.16. The Bertz CT molecular complexity index is 859. The average molecular weight is 295 g/mol. The van der Waals surface area contributed by atoms with E-state index in [0.717, 1.165) is 5.82 Å². The van der Waals surface area contributed by atoms with E-state index in [1.54, 1.807) is 11.3 Å². The molecule has 0 aliphatic carbocycles. The molecule has 5 nitrogen and oxygen atoms in total. The van der Waals surface area contributed by atoms with Crippen molar-refractivity contribution in [2.75, 3.05) is 0 Å². The molecule has 0 bridgehead atoms. The van der Waals surface area contributed by atoms with E-state index >= 15 is 0 Å². The Kier molecular flexibility index (Phi) is 3.01. The van der Waals surface area contributed by atoms with Crippen LogP contribution in [0.5, 0.6) is 0 Å². The van der Waals surface area contributed by atoms with Gasteiger partial charge in [-0.25, -0.2) is 4.68 Å². The second-order valence-electron chi connectivity index (χ2n) is 4.89. The van der Waals surface area contributed by atoms with Crippen LogP contribution in [0.3, 0.4) is 0 Å². The highest BCUT2D eigenvalue weighted by Gasteiger charge is 2.09. The minimum atomic E-state index is 0.671. The molecule has 0 atom stereocenters. The fourth-order valence-corrected chi connectivity index (χ4v) is 3.11. The molecule has 0 amide bonds. The molecule has 3 aromatic heterocycles. The van der Waals surface area contributed by atoms with Gasteiger partial charge in [0.1, 0.15) is 0 Å². The number of aromatic nitrogens is 5. The Hall–Kier alpha value is -2.47. The second kappa shape index (κ2) is 5.14. The molecule has 0 fully saturated rings. The Morgan fingerprint density at radius 2 is 2.00 bits per heavy atom. The molecular formula is C15H13N5S. The molecule has 0 saturated carbocycles. The van der Waals surface area contributed by atoms with Gasteiger partial charge in [0.2, 0.25) is 0 Å². The largest absolute Gasteiger partial charge is 0.340 e. The Morgan fingerprint density at radius 3 is 2.90 bits per heavy atom. The van der Waals surface area contributed by atoms with Crippen LogP contribution in [0.2, 0.25) is 0 Å². The molecule has 1 aromatic carbocycles. The number of nitrogens with zero attached hydrogens (tertiary/aromatic N) is 5. The lowest BCUT2D eigenvalue weighted by Gasteiger charge is -2.06. The van der Waals surface area contributed by atoms with Gasteiger partial charge >= 0.3 is 0 Å². The molecule has 0 spiro atoms. The summed E-state index contributed by atoms with van der Waals surface area (Å²) in [6.07, 6.45) is 2.08. The summed E-state index contributed by atoms with van der Waals surface area (Å²) in [7, 11) is 0. The summed E-state index contributed by atoms with van der Waals surface area (Å²) < 4.78 is 4.03. The van der Waals surface area contributed by atoms with Crippen molar-refractivity contribution in [3.05, 3.63) is 64.7 Å². The van der Waals surface area contributed by atoms with E-state index in [-0.39, 0.29) is 0 Å². The molecule has 0 aliphatic heterocycles. The first-order valence-corrected chi connectivity index (χ1v) is 7.64. The van der Waals surface area contributed by atoms with Crippen LogP contribution in [0.1, 0.15) is 11.4 Å². The van der Waals surface area contributed by atoms with Crippen molar-refractivity contribution in [3.8, 4) is 0 Å². The summed E-state index contributed by atoms with van der Waals surface area (Å²) in [6.45, 7) is 1.38. The highest BCUT2D eigenvalue weighted by Crippen LogP contribution is 2.16. The molecule has 21 heavy (non-hydrogen) atoms. The van der Waals surface area contributed by atoms with Gasteiger partial charge in [0, 0.05) is 11.7 Å². The van der Waals surface area contributed by atoms with Gasteiger partial charge in [0.15, 0.2) is 5.82 Å². The molecule has 0 aliphatic rings.